The molecule has 1 aromatic heterocycles. The fourth-order valence-electron chi connectivity index (χ4n) is 2.22. The maximum absolute atomic E-state index is 13.3. The molecule has 2 aromatic carbocycles. The number of benzene rings is 2. The maximum atomic E-state index is 13.3. The molecule has 0 N–H and O–H groups in total. The molecule has 0 saturated heterocycles. The van der Waals surface area contributed by atoms with Crippen molar-refractivity contribution in [2.24, 2.45) is 4.99 Å². The van der Waals surface area contributed by atoms with E-state index in [1.165, 1.54) is 12.1 Å². The Morgan fingerprint density at radius 1 is 0.750 bits per heavy atom. The Hall–Kier alpha value is -2.89. The maximum Gasteiger partial charge on any atom is 0.160 e. The third kappa shape index (κ3) is 3.53. The molecule has 0 spiro atoms. The first-order valence-corrected chi connectivity index (χ1v) is 7.12. The van der Waals surface area contributed by atoms with Gasteiger partial charge in [0.2, 0.25) is 0 Å². The first kappa shape index (κ1) is 16.0. The Balaban J connectivity index is 1.99. The lowest BCUT2D eigenvalue weighted by molar-refractivity contribution is 0.506. The lowest BCUT2D eigenvalue weighted by atomic mass is 10.2. The van der Waals surface area contributed by atoms with Gasteiger partial charge < -0.3 is 4.57 Å². The van der Waals surface area contributed by atoms with E-state index in [0.29, 0.717) is 11.1 Å². The van der Waals surface area contributed by atoms with Gasteiger partial charge in [-0.1, -0.05) is 12.1 Å². The van der Waals surface area contributed by atoms with Crippen LogP contribution in [0.25, 0.3) is 0 Å². The summed E-state index contributed by atoms with van der Waals surface area (Å²) in [5, 5.41) is 0. The van der Waals surface area contributed by atoms with Crippen molar-refractivity contribution in [2.75, 3.05) is 0 Å². The summed E-state index contributed by atoms with van der Waals surface area (Å²) in [7, 11) is 0. The van der Waals surface area contributed by atoms with E-state index in [1.54, 1.807) is 29.0 Å². The zero-order valence-corrected chi connectivity index (χ0v) is 12.4. The Kier molecular flexibility index (Phi) is 4.46. The number of hydrogen-bond acceptors (Lipinski definition) is 1. The molecule has 0 saturated carbocycles. The Morgan fingerprint density at radius 2 is 1.46 bits per heavy atom. The van der Waals surface area contributed by atoms with Crippen molar-refractivity contribution in [1.82, 2.24) is 4.57 Å². The summed E-state index contributed by atoms with van der Waals surface area (Å²) in [6, 6.07) is 12.1. The lowest BCUT2D eigenvalue weighted by Crippen LogP contribution is -2.20. The van der Waals surface area contributed by atoms with Gasteiger partial charge in [-0.3, -0.25) is 0 Å². The molecule has 0 amide bonds. The lowest BCUT2D eigenvalue weighted by Gasteiger charge is -2.08. The van der Waals surface area contributed by atoms with Crippen molar-refractivity contribution in [1.29, 1.82) is 0 Å². The van der Waals surface area contributed by atoms with E-state index in [0.717, 1.165) is 24.3 Å². The van der Waals surface area contributed by atoms with E-state index in [2.05, 4.69) is 4.99 Å². The fraction of sp³-hybridized carbons (Fsp3) is 0.0556. The molecule has 2 nitrogen and oxygen atoms in total. The molecule has 122 valence electrons. The van der Waals surface area contributed by atoms with Crippen LogP contribution in [0, 0.1) is 23.3 Å². The van der Waals surface area contributed by atoms with Crippen LogP contribution in [0.3, 0.4) is 0 Å². The second-order valence-corrected chi connectivity index (χ2v) is 5.15. The molecule has 0 aliphatic heterocycles. The molecule has 0 unspecified atom stereocenters. The highest BCUT2D eigenvalue weighted by atomic mass is 19.2. The van der Waals surface area contributed by atoms with Gasteiger partial charge in [-0.25, -0.2) is 22.6 Å². The van der Waals surface area contributed by atoms with Gasteiger partial charge in [0.25, 0.3) is 0 Å². The number of nitrogens with zero attached hydrogens (tertiary/aromatic N) is 2. The van der Waals surface area contributed by atoms with Crippen molar-refractivity contribution >= 4 is 5.69 Å². The van der Waals surface area contributed by atoms with Gasteiger partial charge in [-0.15, -0.1) is 0 Å². The number of halogens is 4. The predicted molar refractivity (Wildman–Crippen MR) is 81.5 cm³/mol. The highest BCUT2D eigenvalue weighted by Gasteiger charge is 2.04. The third-order valence-corrected chi connectivity index (χ3v) is 3.40. The highest BCUT2D eigenvalue weighted by molar-refractivity contribution is 5.37. The van der Waals surface area contributed by atoms with Gasteiger partial charge in [-0.2, -0.15) is 0 Å². The fourth-order valence-corrected chi connectivity index (χ4v) is 2.22. The van der Waals surface area contributed by atoms with Crippen LogP contribution < -0.4 is 5.49 Å². The summed E-state index contributed by atoms with van der Waals surface area (Å²) in [6.07, 6.45) is 1.71. The molecule has 1 heterocycles. The molecular formula is C18H12F4N2. The molecule has 0 atom stereocenters. The molecule has 6 heteroatoms. The van der Waals surface area contributed by atoms with Crippen LogP contribution in [0.4, 0.5) is 23.2 Å². The summed E-state index contributed by atoms with van der Waals surface area (Å²) >= 11 is 0. The van der Waals surface area contributed by atoms with Crippen molar-refractivity contribution in [3.8, 4) is 0 Å². The van der Waals surface area contributed by atoms with Crippen molar-refractivity contribution in [3.63, 3.8) is 0 Å². The van der Waals surface area contributed by atoms with Crippen molar-refractivity contribution in [2.45, 2.75) is 6.54 Å². The third-order valence-electron chi connectivity index (χ3n) is 3.40. The molecule has 3 rings (SSSR count). The largest absolute Gasteiger partial charge is 0.329 e. The van der Waals surface area contributed by atoms with E-state index in [1.807, 2.05) is 0 Å². The highest BCUT2D eigenvalue weighted by Crippen LogP contribution is 2.15. The number of pyridine rings is 1. The molecule has 0 radical (unpaired) electrons. The Morgan fingerprint density at radius 3 is 2.17 bits per heavy atom. The number of rotatable bonds is 3. The van der Waals surface area contributed by atoms with Crippen LogP contribution in [0.5, 0.6) is 0 Å². The minimum atomic E-state index is -0.987. The van der Waals surface area contributed by atoms with E-state index < -0.39 is 23.3 Å². The first-order valence-electron chi connectivity index (χ1n) is 7.12. The SMILES string of the molecule is Fc1ccc(Cn2ccccc2=Nc2ccc(F)c(F)c2)cc1F. The molecule has 3 aromatic rings. The normalized spacial score (nSPS) is 11.8. The van der Waals surface area contributed by atoms with Crippen LogP contribution in [0.2, 0.25) is 0 Å². The Labute approximate surface area is 135 Å². The number of hydrogen-bond donors (Lipinski definition) is 0. The van der Waals surface area contributed by atoms with Gasteiger partial charge in [0.05, 0.1) is 5.69 Å². The van der Waals surface area contributed by atoms with E-state index >= 15 is 0 Å². The summed E-state index contributed by atoms with van der Waals surface area (Å²) in [5.74, 6) is -3.78. The number of aromatic nitrogens is 1. The minimum absolute atomic E-state index is 0.249. The van der Waals surface area contributed by atoms with Gasteiger partial charge >= 0.3 is 0 Å². The summed E-state index contributed by atoms with van der Waals surface area (Å²) in [6.45, 7) is 0.251. The molecule has 0 aliphatic carbocycles. The van der Waals surface area contributed by atoms with E-state index in [9.17, 15) is 17.6 Å². The molecule has 0 aliphatic rings. The smallest absolute Gasteiger partial charge is 0.160 e. The predicted octanol–water partition coefficient (Wildman–Crippen LogP) is 4.33. The van der Waals surface area contributed by atoms with Gasteiger partial charge in [0, 0.05) is 18.8 Å². The first-order chi connectivity index (χ1) is 11.5. The summed E-state index contributed by atoms with van der Waals surface area (Å²) in [5.41, 5.74) is 1.26. The topological polar surface area (TPSA) is 17.3 Å². The van der Waals surface area contributed by atoms with Gasteiger partial charge in [-0.05, 0) is 42.0 Å². The van der Waals surface area contributed by atoms with Gasteiger partial charge in [0.1, 0.15) is 5.49 Å². The van der Waals surface area contributed by atoms with Gasteiger partial charge in [0.15, 0.2) is 23.3 Å². The standard InChI is InChI=1S/C18H12F4N2/c19-14-6-4-12(9-16(14)21)11-24-8-2-1-3-18(24)23-13-5-7-15(20)17(22)10-13/h1-10H,11H2. The Bertz CT molecular complexity index is 948. The average Bonchev–Trinajstić information content (AvgIpc) is 2.56. The van der Waals surface area contributed by atoms with Crippen LogP contribution in [0.15, 0.2) is 65.8 Å². The summed E-state index contributed by atoms with van der Waals surface area (Å²) < 4.78 is 54.3. The summed E-state index contributed by atoms with van der Waals surface area (Å²) in [4.78, 5) is 4.27. The second kappa shape index (κ2) is 6.70. The minimum Gasteiger partial charge on any atom is -0.329 e. The molecule has 0 bridgehead atoms. The van der Waals surface area contributed by atoms with Crippen LogP contribution >= 0.6 is 0 Å². The van der Waals surface area contributed by atoms with Crippen LogP contribution in [0.1, 0.15) is 5.56 Å². The average molecular weight is 332 g/mol. The zero-order valence-electron chi connectivity index (χ0n) is 12.4. The van der Waals surface area contributed by atoms with Crippen LogP contribution in [-0.4, -0.2) is 4.57 Å². The molecule has 0 fully saturated rings. The monoisotopic (exact) mass is 332 g/mol. The van der Waals surface area contributed by atoms with Crippen molar-refractivity contribution < 1.29 is 17.6 Å². The van der Waals surface area contributed by atoms with E-state index in [4.69, 9.17) is 0 Å². The van der Waals surface area contributed by atoms with Crippen LogP contribution in [-0.2, 0) is 6.54 Å². The molecule has 24 heavy (non-hydrogen) atoms. The van der Waals surface area contributed by atoms with E-state index in [-0.39, 0.29) is 12.2 Å². The molecular weight excluding hydrogens is 320 g/mol. The zero-order chi connectivity index (χ0) is 17.1. The quantitative estimate of drug-likeness (QED) is 0.636. The second-order valence-electron chi connectivity index (χ2n) is 5.15. The van der Waals surface area contributed by atoms with Crippen molar-refractivity contribution in [3.05, 3.63) is 95.1 Å².